The summed E-state index contributed by atoms with van der Waals surface area (Å²) in [6.45, 7) is 1.89. The standard InChI is InChI=1S/C16H14O3/c1-11-10-14(17)9-8-12(11)6-7-13-4-2-3-5-15(13)16(18)19/h2-10,17H,1H3,(H,18,19)/b7-6+. The normalized spacial score (nSPS) is 10.8. The minimum atomic E-state index is -0.942. The summed E-state index contributed by atoms with van der Waals surface area (Å²) in [6, 6.07) is 11.9. The van der Waals surface area contributed by atoms with E-state index in [9.17, 15) is 9.90 Å². The molecule has 0 heterocycles. The fourth-order valence-electron chi connectivity index (χ4n) is 1.86. The molecule has 3 nitrogen and oxygen atoms in total. The van der Waals surface area contributed by atoms with Gasteiger partial charge >= 0.3 is 5.97 Å². The van der Waals surface area contributed by atoms with Gasteiger partial charge in [-0.1, -0.05) is 36.4 Å². The molecular formula is C16H14O3. The lowest BCUT2D eigenvalue weighted by Crippen LogP contribution is -1.98. The van der Waals surface area contributed by atoms with Gasteiger partial charge in [0.05, 0.1) is 5.56 Å². The second-order valence-corrected chi connectivity index (χ2v) is 4.27. The summed E-state index contributed by atoms with van der Waals surface area (Å²) >= 11 is 0. The molecule has 3 heteroatoms. The Morgan fingerprint density at radius 1 is 1.05 bits per heavy atom. The Bertz CT molecular complexity index is 642. The first-order valence-corrected chi connectivity index (χ1v) is 5.88. The first-order valence-electron chi connectivity index (χ1n) is 5.88. The Hall–Kier alpha value is -2.55. The molecule has 2 aromatic rings. The number of phenolic OH excluding ortho intramolecular Hbond substituents is 1. The number of aromatic carboxylic acids is 1. The van der Waals surface area contributed by atoms with E-state index >= 15 is 0 Å². The lowest BCUT2D eigenvalue weighted by molar-refractivity contribution is 0.0696. The van der Waals surface area contributed by atoms with Crippen molar-refractivity contribution in [2.24, 2.45) is 0 Å². The van der Waals surface area contributed by atoms with Crippen LogP contribution in [0.4, 0.5) is 0 Å². The second-order valence-electron chi connectivity index (χ2n) is 4.27. The van der Waals surface area contributed by atoms with Crippen LogP contribution < -0.4 is 0 Å². The van der Waals surface area contributed by atoms with Gasteiger partial charge in [0.15, 0.2) is 0 Å². The van der Waals surface area contributed by atoms with E-state index < -0.39 is 5.97 Å². The molecule has 0 aliphatic carbocycles. The van der Waals surface area contributed by atoms with E-state index in [0.717, 1.165) is 11.1 Å². The molecule has 0 saturated heterocycles. The molecule has 0 bridgehead atoms. The quantitative estimate of drug-likeness (QED) is 0.823. The molecule has 2 rings (SSSR count). The highest BCUT2D eigenvalue weighted by Crippen LogP contribution is 2.19. The predicted molar refractivity (Wildman–Crippen MR) is 75.2 cm³/mol. The summed E-state index contributed by atoms with van der Waals surface area (Å²) in [5.41, 5.74) is 2.81. The van der Waals surface area contributed by atoms with Crippen LogP contribution in [0.3, 0.4) is 0 Å². The Kier molecular flexibility index (Phi) is 3.66. The highest BCUT2D eigenvalue weighted by Gasteiger charge is 2.06. The number of rotatable bonds is 3. The van der Waals surface area contributed by atoms with Crippen LogP contribution in [0.15, 0.2) is 42.5 Å². The van der Waals surface area contributed by atoms with Gasteiger partial charge in [0.25, 0.3) is 0 Å². The number of hydrogen-bond acceptors (Lipinski definition) is 2. The third kappa shape index (κ3) is 3.01. The smallest absolute Gasteiger partial charge is 0.336 e. The van der Waals surface area contributed by atoms with Gasteiger partial charge in [-0.3, -0.25) is 0 Å². The van der Waals surface area contributed by atoms with Crippen molar-refractivity contribution in [2.45, 2.75) is 6.92 Å². The van der Waals surface area contributed by atoms with E-state index in [4.69, 9.17) is 5.11 Å². The van der Waals surface area contributed by atoms with Crippen LogP contribution in [-0.4, -0.2) is 16.2 Å². The van der Waals surface area contributed by atoms with Crippen molar-refractivity contribution < 1.29 is 15.0 Å². The molecule has 0 aliphatic rings. The van der Waals surface area contributed by atoms with Crippen LogP contribution in [0.5, 0.6) is 5.75 Å². The SMILES string of the molecule is Cc1cc(O)ccc1/C=C/c1ccccc1C(=O)O. The Morgan fingerprint density at radius 3 is 2.42 bits per heavy atom. The summed E-state index contributed by atoms with van der Waals surface area (Å²) in [6.07, 6.45) is 3.61. The number of benzene rings is 2. The average molecular weight is 254 g/mol. The van der Waals surface area contributed by atoms with E-state index in [1.54, 1.807) is 48.5 Å². The van der Waals surface area contributed by atoms with Crippen molar-refractivity contribution in [1.29, 1.82) is 0 Å². The molecular weight excluding hydrogens is 240 g/mol. The number of aromatic hydroxyl groups is 1. The van der Waals surface area contributed by atoms with Crippen LogP contribution in [0, 0.1) is 6.92 Å². The maximum Gasteiger partial charge on any atom is 0.336 e. The van der Waals surface area contributed by atoms with Crippen molar-refractivity contribution >= 4 is 18.1 Å². The van der Waals surface area contributed by atoms with Gasteiger partial charge in [0.1, 0.15) is 5.75 Å². The van der Waals surface area contributed by atoms with Gasteiger partial charge < -0.3 is 10.2 Å². The number of carbonyl (C=O) groups is 1. The van der Waals surface area contributed by atoms with Gasteiger partial charge in [0, 0.05) is 0 Å². The van der Waals surface area contributed by atoms with Gasteiger partial charge in [-0.2, -0.15) is 0 Å². The zero-order valence-corrected chi connectivity index (χ0v) is 10.5. The molecule has 19 heavy (non-hydrogen) atoms. The van der Waals surface area contributed by atoms with E-state index in [2.05, 4.69) is 0 Å². The molecule has 0 unspecified atom stereocenters. The molecule has 0 aromatic heterocycles. The number of aryl methyl sites for hydroxylation is 1. The average Bonchev–Trinajstić information content (AvgIpc) is 2.38. The molecule has 0 amide bonds. The zero-order valence-electron chi connectivity index (χ0n) is 10.5. The van der Waals surface area contributed by atoms with Gasteiger partial charge in [-0.25, -0.2) is 4.79 Å². The van der Waals surface area contributed by atoms with Crippen LogP contribution in [-0.2, 0) is 0 Å². The van der Waals surface area contributed by atoms with Gasteiger partial charge in [-0.15, -0.1) is 0 Å². The van der Waals surface area contributed by atoms with Crippen molar-refractivity contribution in [3.05, 3.63) is 64.7 Å². The highest BCUT2D eigenvalue weighted by atomic mass is 16.4. The van der Waals surface area contributed by atoms with Crippen LogP contribution >= 0.6 is 0 Å². The fourth-order valence-corrected chi connectivity index (χ4v) is 1.86. The molecule has 0 spiro atoms. The molecule has 0 fully saturated rings. The Balaban J connectivity index is 2.35. The fraction of sp³-hybridized carbons (Fsp3) is 0.0625. The topological polar surface area (TPSA) is 57.5 Å². The lowest BCUT2D eigenvalue weighted by Gasteiger charge is -2.02. The van der Waals surface area contributed by atoms with Gasteiger partial charge in [0.2, 0.25) is 0 Å². The molecule has 2 aromatic carbocycles. The summed E-state index contributed by atoms with van der Waals surface area (Å²) in [7, 11) is 0. The third-order valence-corrected chi connectivity index (χ3v) is 2.89. The van der Waals surface area contributed by atoms with Crippen molar-refractivity contribution in [2.75, 3.05) is 0 Å². The molecule has 0 radical (unpaired) electrons. The van der Waals surface area contributed by atoms with Crippen molar-refractivity contribution in [1.82, 2.24) is 0 Å². The number of phenols is 1. The number of hydrogen-bond donors (Lipinski definition) is 2. The van der Waals surface area contributed by atoms with Gasteiger partial charge in [-0.05, 0) is 41.8 Å². The van der Waals surface area contributed by atoms with Crippen LogP contribution in [0.2, 0.25) is 0 Å². The van der Waals surface area contributed by atoms with E-state index in [1.165, 1.54) is 0 Å². The summed E-state index contributed by atoms with van der Waals surface area (Å²) in [5, 5.41) is 18.4. The summed E-state index contributed by atoms with van der Waals surface area (Å²) in [5.74, 6) is -0.719. The summed E-state index contributed by atoms with van der Waals surface area (Å²) in [4.78, 5) is 11.1. The van der Waals surface area contributed by atoms with E-state index in [0.29, 0.717) is 5.56 Å². The second kappa shape index (κ2) is 5.40. The zero-order chi connectivity index (χ0) is 13.8. The number of carboxylic acid groups (broad SMARTS) is 1. The highest BCUT2D eigenvalue weighted by molar-refractivity contribution is 5.93. The Morgan fingerprint density at radius 2 is 1.74 bits per heavy atom. The van der Waals surface area contributed by atoms with Crippen molar-refractivity contribution in [3.8, 4) is 5.75 Å². The molecule has 2 N–H and O–H groups in total. The van der Waals surface area contributed by atoms with E-state index in [1.807, 2.05) is 13.0 Å². The first kappa shape index (κ1) is 12.9. The first-order chi connectivity index (χ1) is 9.08. The minimum absolute atomic E-state index is 0.223. The molecule has 96 valence electrons. The largest absolute Gasteiger partial charge is 0.508 e. The van der Waals surface area contributed by atoms with Crippen molar-refractivity contribution in [3.63, 3.8) is 0 Å². The summed E-state index contributed by atoms with van der Waals surface area (Å²) < 4.78 is 0. The number of carboxylic acids is 1. The monoisotopic (exact) mass is 254 g/mol. The maximum absolute atomic E-state index is 11.1. The third-order valence-electron chi connectivity index (χ3n) is 2.89. The Labute approximate surface area is 111 Å². The lowest BCUT2D eigenvalue weighted by atomic mass is 10.0. The van der Waals surface area contributed by atoms with Crippen LogP contribution in [0.1, 0.15) is 27.0 Å². The molecule has 0 aliphatic heterocycles. The maximum atomic E-state index is 11.1. The van der Waals surface area contributed by atoms with Crippen LogP contribution in [0.25, 0.3) is 12.2 Å². The predicted octanol–water partition coefficient (Wildman–Crippen LogP) is 3.57. The molecule has 0 atom stereocenters. The van der Waals surface area contributed by atoms with E-state index in [-0.39, 0.29) is 11.3 Å². The minimum Gasteiger partial charge on any atom is -0.508 e. The molecule has 0 saturated carbocycles.